The summed E-state index contributed by atoms with van der Waals surface area (Å²) in [4.78, 5) is 18.6. The van der Waals surface area contributed by atoms with Gasteiger partial charge in [-0.2, -0.15) is 0 Å². The Kier molecular flexibility index (Phi) is 8.07. The molecule has 2 rings (SSSR count). The van der Waals surface area contributed by atoms with Crippen molar-refractivity contribution in [3.63, 3.8) is 0 Å². The number of likely N-dealkylation sites (N-methyl/N-ethyl adjacent to an activating group) is 1. The second-order valence-corrected chi connectivity index (χ2v) is 6.14. The van der Waals surface area contributed by atoms with Crippen LogP contribution in [-0.4, -0.2) is 48.3 Å². The molecule has 122 valence electrons. The molecule has 0 aliphatic carbocycles. The molecule has 0 amide bonds. The lowest BCUT2D eigenvalue weighted by Gasteiger charge is -2.12. The molecule has 1 aromatic carbocycles. The predicted octanol–water partition coefficient (Wildman–Crippen LogP) is 3.77. The van der Waals surface area contributed by atoms with Gasteiger partial charge in [0.1, 0.15) is 5.75 Å². The van der Waals surface area contributed by atoms with Crippen LogP contribution in [0.5, 0.6) is 5.75 Å². The second kappa shape index (κ2) is 9.28. The number of carbonyl (C=O) groups is 1. The predicted molar refractivity (Wildman–Crippen MR) is 96.2 cm³/mol. The maximum absolute atomic E-state index is 12.2. The lowest BCUT2D eigenvalue weighted by Crippen LogP contribution is -2.21. The van der Waals surface area contributed by atoms with Crippen molar-refractivity contribution in [1.29, 1.82) is 0 Å². The number of aliphatic imine (C=N–C) groups is 1. The van der Waals surface area contributed by atoms with Crippen molar-refractivity contribution < 1.29 is 9.53 Å². The molecular formula is C15H20Cl2N2O2S. The normalized spacial score (nSPS) is 13.6. The molecule has 0 spiro atoms. The van der Waals surface area contributed by atoms with E-state index in [4.69, 9.17) is 16.3 Å². The van der Waals surface area contributed by atoms with Gasteiger partial charge in [-0.25, -0.2) is 0 Å². The van der Waals surface area contributed by atoms with Gasteiger partial charge in [-0.15, -0.1) is 12.4 Å². The van der Waals surface area contributed by atoms with Crippen LogP contribution in [0.1, 0.15) is 23.7 Å². The molecule has 7 heteroatoms. The summed E-state index contributed by atoms with van der Waals surface area (Å²) in [6, 6.07) is 5.20. The van der Waals surface area contributed by atoms with Crippen molar-refractivity contribution >= 4 is 46.7 Å². The molecule has 0 N–H and O–H groups in total. The van der Waals surface area contributed by atoms with Crippen LogP contribution in [0.3, 0.4) is 0 Å². The van der Waals surface area contributed by atoms with Gasteiger partial charge in [0.25, 0.3) is 0 Å². The molecule has 0 fully saturated rings. The number of ketones is 1. The summed E-state index contributed by atoms with van der Waals surface area (Å²) in [5, 5.41) is 1.41. The van der Waals surface area contributed by atoms with E-state index < -0.39 is 0 Å². The molecule has 1 aliphatic heterocycles. The maximum Gasteiger partial charge on any atom is 0.173 e. The van der Waals surface area contributed by atoms with Crippen LogP contribution in [0, 0.1) is 0 Å². The highest BCUT2D eigenvalue weighted by Crippen LogP contribution is 2.26. The number of amidine groups is 1. The standard InChI is InChI=1S/C15H19ClN2O2S.ClH/c1-3-8-20-14-5-4-11(9-12(14)16)13(19)10-21-15-17-6-7-18(15)2;/h4-5,9H,3,6-8,10H2,1-2H3;1H. The third kappa shape index (κ3) is 5.07. The van der Waals surface area contributed by atoms with Crippen molar-refractivity contribution in [3.05, 3.63) is 28.8 Å². The second-order valence-electron chi connectivity index (χ2n) is 4.79. The molecule has 1 aromatic rings. The molecule has 0 saturated carbocycles. The van der Waals surface area contributed by atoms with Gasteiger partial charge in [0.05, 0.1) is 23.9 Å². The molecule has 1 aliphatic rings. The minimum Gasteiger partial charge on any atom is -0.492 e. The van der Waals surface area contributed by atoms with Crippen molar-refractivity contribution in [2.45, 2.75) is 13.3 Å². The van der Waals surface area contributed by atoms with Gasteiger partial charge in [-0.1, -0.05) is 30.3 Å². The van der Waals surface area contributed by atoms with Crippen LogP contribution in [0.15, 0.2) is 23.2 Å². The molecule has 22 heavy (non-hydrogen) atoms. The number of benzene rings is 1. The summed E-state index contributed by atoms with van der Waals surface area (Å²) in [5.74, 6) is 1.05. The fourth-order valence-electron chi connectivity index (χ4n) is 1.88. The van der Waals surface area contributed by atoms with Gasteiger partial charge in [0.15, 0.2) is 11.0 Å². The average Bonchev–Trinajstić information content (AvgIpc) is 2.88. The highest BCUT2D eigenvalue weighted by Gasteiger charge is 2.16. The molecule has 0 radical (unpaired) electrons. The van der Waals surface area contributed by atoms with Crippen molar-refractivity contribution in [2.24, 2.45) is 4.99 Å². The third-order valence-corrected chi connectivity index (χ3v) is 4.46. The van der Waals surface area contributed by atoms with Gasteiger partial charge < -0.3 is 9.64 Å². The first kappa shape index (κ1) is 19.1. The Morgan fingerprint density at radius 3 is 2.86 bits per heavy atom. The van der Waals surface area contributed by atoms with Gasteiger partial charge in [-0.3, -0.25) is 9.79 Å². The number of carbonyl (C=O) groups excluding carboxylic acids is 1. The van der Waals surface area contributed by atoms with Crippen LogP contribution >= 0.6 is 35.8 Å². The van der Waals surface area contributed by atoms with E-state index in [9.17, 15) is 4.79 Å². The molecule has 0 unspecified atom stereocenters. The Morgan fingerprint density at radius 1 is 1.50 bits per heavy atom. The fourth-order valence-corrected chi connectivity index (χ4v) is 3.04. The molecule has 0 atom stereocenters. The number of nitrogens with zero attached hydrogens (tertiary/aromatic N) is 2. The van der Waals surface area contributed by atoms with Gasteiger partial charge in [0.2, 0.25) is 0 Å². The molecule has 4 nitrogen and oxygen atoms in total. The third-order valence-electron chi connectivity index (χ3n) is 3.06. The van der Waals surface area contributed by atoms with E-state index in [2.05, 4.69) is 9.89 Å². The minimum absolute atomic E-state index is 0. The van der Waals surface area contributed by atoms with Crippen molar-refractivity contribution in [1.82, 2.24) is 4.90 Å². The van der Waals surface area contributed by atoms with Crippen molar-refractivity contribution in [2.75, 3.05) is 32.5 Å². The summed E-state index contributed by atoms with van der Waals surface area (Å²) in [5.41, 5.74) is 0.609. The van der Waals surface area contributed by atoms with Crippen molar-refractivity contribution in [3.8, 4) is 5.75 Å². The number of thioether (sulfide) groups is 1. The number of rotatable bonds is 6. The van der Waals surface area contributed by atoms with Gasteiger partial charge in [0, 0.05) is 19.2 Å². The topological polar surface area (TPSA) is 41.9 Å². The number of hydrogen-bond donors (Lipinski definition) is 0. The van der Waals surface area contributed by atoms with E-state index >= 15 is 0 Å². The number of Topliss-reactive ketones (excluding diaryl/α,β-unsaturated/α-hetero) is 1. The Labute approximate surface area is 146 Å². The van der Waals surface area contributed by atoms with E-state index in [1.807, 2.05) is 14.0 Å². The van der Waals surface area contributed by atoms with E-state index in [0.717, 1.165) is 24.7 Å². The molecular weight excluding hydrogens is 343 g/mol. The zero-order chi connectivity index (χ0) is 15.2. The Morgan fingerprint density at radius 2 is 2.27 bits per heavy atom. The number of hydrogen-bond acceptors (Lipinski definition) is 5. The van der Waals surface area contributed by atoms with E-state index in [-0.39, 0.29) is 18.2 Å². The largest absolute Gasteiger partial charge is 0.492 e. The van der Waals surface area contributed by atoms with Crippen LogP contribution in [0.25, 0.3) is 0 Å². The lowest BCUT2D eigenvalue weighted by atomic mass is 10.1. The zero-order valence-electron chi connectivity index (χ0n) is 12.7. The van der Waals surface area contributed by atoms with Crippen LogP contribution < -0.4 is 4.74 Å². The first-order chi connectivity index (χ1) is 10.1. The molecule has 1 heterocycles. The quantitative estimate of drug-likeness (QED) is 0.722. The van der Waals surface area contributed by atoms with Gasteiger partial charge >= 0.3 is 0 Å². The monoisotopic (exact) mass is 362 g/mol. The first-order valence-corrected chi connectivity index (χ1v) is 8.32. The fraction of sp³-hybridized carbons (Fsp3) is 0.467. The maximum atomic E-state index is 12.2. The lowest BCUT2D eigenvalue weighted by molar-refractivity contribution is 0.102. The molecule has 0 bridgehead atoms. The average molecular weight is 363 g/mol. The van der Waals surface area contributed by atoms with Gasteiger partial charge in [-0.05, 0) is 24.6 Å². The van der Waals surface area contributed by atoms with E-state index in [1.165, 1.54) is 11.8 Å². The summed E-state index contributed by atoms with van der Waals surface area (Å²) < 4.78 is 5.50. The number of ether oxygens (including phenoxy) is 1. The van der Waals surface area contributed by atoms with E-state index in [0.29, 0.717) is 28.7 Å². The summed E-state index contributed by atoms with van der Waals surface area (Å²) in [6.45, 7) is 4.38. The smallest absolute Gasteiger partial charge is 0.173 e. The SMILES string of the molecule is CCCOc1ccc(C(=O)CSC2=NCCN2C)cc1Cl.Cl. The van der Waals surface area contributed by atoms with Crippen LogP contribution in [0.2, 0.25) is 5.02 Å². The highest BCUT2D eigenvalue weighted by atomic mass is 35.5. The Hall–Kier alpha value is -0.910. The number of halogens is 2. The Balaban J connectivity index is 0.00000242. The van der Waals surface area contributed by atoms with Crippen LogP contribution in [-0.2, 0) is 0 Å². The summed E-state index contributed by atoms with van der Waals surface area (Å²) >= 11 is 7.61. The summed E-state index contributed by atoms with van der Waals surface area (Å²) in [6.07, 6.45) is 0.920. The van der Waals surface area contributed by atoms with E-state index in [1.54, 1.807) is 18.2 Å². The highest BCUT2D eigenvalue weighted by molar-refractivity contribution is 8.14. The first-order valence-electron chi connectivity index (χ1n) is 6.95. The minimum atomic E-state index is 0. The molecule has 0 saturated heterocycles. The van der Waals surface area contributed by atoms with Crippen LogP contribution in [0.4, 0.5) is 0 Å². The zero-order valence-corrected chi connectivity index (χ0v) is 15.1. The Bertz CT molecular complexity index is 552. The molecule has 0 aromatic heterocycles. The summed E-state index contributed by atoms with van der Waals surface area (Å²) in [7, 11) is 1.99.